The molecule has 3 aliphatic rings. The second kappa shape index (κ2) is 12.7. The molecule has 15 heteroatoms. The molecule has 0 radical (unpaired) electrons. The fraction of sp³-hybridized carbons (Fsp3) is 0.633. The highest BCUT2D eigenvalue weighted by atomic mass is 32.2. The highest BCUT2D eigenvalue weighted by molar-refractivity contribution is 8.13. The number of hydrogen-bond acceptors (Lipinski definition) is 12. The van der Waals surface area contributed by atoms with E-state index in [0.29, 0.717) is 30.9 Å². The molecule has 5 N–H and O–H groups in total. The van der Waals surface area contributed by atoms with E-state index in [1.807, 2.05) is 44.3 Å². The maximum atomic E-state index is 14.0. The Kier molecular flexibility index (Phi) is 9.63. The van der Waals surface area contributed by atoms with E-state index in [-0.39, 0.29) is 48.6 Å². The number of nitrogens with one attached hydrogen (secondary N) is 3. The first-order chi connectivity index (χ1) is 21.2. The molecular formula is C30H44N5O8PS. The summed E-state index contributed by atoms with van der Waals surface area (Å²) in [5, 5.41) is 27.1. The van der Waals surface area contributed by atoms with Gasteiger partial charge in [-0.05, 0) is 33.3 Å². The summed E-state index contributed by atoms with van der Waals surface area (Å²) >= 11 is 1.01. The van der Waals surface area contributed by atoms with E-state index in [2.05, 4.69) is 20.4 Å². The molecule has 0 bridgehead atoms. The maximum Gasteiger partial charge on any atom is 0.406 e. The quantitative estimate of drug-likeness (QED) is 0.139. The van der Waals surface area contributed by atoms with Crippen LogP contribution in [0.4, 0.5) is 11.5 Å². The van der Waals surface area contributed by atoms with Crippen LogP contribution < -0.4 is 20.9 Å². The number of hydrogen-bond donors (Lipinski definition) is 5. The third-order valence-corrected chi connectivity index (χ3v) is 11.7. The van der Waals surface area contributed by atoms with Gasteiger partial charge in [-0.3, -0.25) is 18.6 Å². The lowest BCUT2D eigenvalue weighted by Gasteiger charge is -2.26. The highest BCUT2D eigenvalue weighted by Crippen LogP contribution is 2.68. The number of carbonyl (C=O) groups is 1. The molecule has 2 heterocycles. The molecule has 2 saturated carbocycles. The zero-order valence-corrected chi connectivity index (χ0v) is 28.1. The summed E-state index contributed by atoms with van der Waals surface area (Å²) in [6.07, 6.45) is 1.93. The first-order valence-electron chi connectivity index (χ1n) is 15.2. The Balaban J connectivity index is 1.25. The minimum absolute atomic E-state index is 0.0248. The van der Waals surface area contributed by atoms with Crippen LogP contribution >= 0.6 is 19.5 Å². The molecule has 5 rings (SSSR count). The van der Waals surface area contributed by atoms with Crippen LogP contribution in [0, 0.1) is 5.41 Å². The lowest BCUT2D eigenvalue weighted by atomic mass is 9.92. The second-order valence-corrected chi connectivity index (χ2v) is 15.8. The van der Waals surface area contributed by atoms with Crippen LogP contribution in [0.2, 0.25) is 0 Å². The van der Waals surface area contributed by atoms with Crippen LogP contribution in [0.3, 0.4) is 0 Å². The van der Waals surface area contributed by atoms with Crippen LogP contribution in [0.1, 0.15) is 52.5 Å². The number of benzene rings is 1. The van der Waals surface area contributed by atoms with E-state index in [0.717, 1.165) is 17.3 Å². The molecule has 13 nitrogen and oxygen atoms in total. The van der Waals surface area contributed by atoms with Crippen molar-refractivity contribution in [1.29, 1.82) is 0 Å². The number of H-pyrrole nitrogens is 1. The third-order valence-electron chi connectivity index (χ3n) is 8.92. The highest BCUT2D eigenvalue weighted by Gasteiger charge is 2.80. The van der Waals surface area contributed by atoms with Crippen LogP contribution in [0.15, 0.2) is 41.5 Å². The maximum absolute atomic E-state index is 14.0. The van der Waals surface area contributed by atoms with Gasteiger partial charge < -0.3 is 30.2 Å². The van der Waals surface area contributed by atoms with E-state index in [1.165, 1.54) is 6.33 Å². The van der Waals surface area contributed by atoms with Gasteiger partial charge in [0.1, 0.15) is 23.0 Å². The van der Waals surface area contributed by atoms with E-state index < -0.39 is 36.1 Å². The fourth-order valence-corrected chi connectivity index (χ4v) is 8.30. The molecule has 1 aliphatic heterocycles. The van der Waals surface area contributed by atoms with Crippen molar-refractivity contribution in [3.63, 3.8) is 0 Å². The monoisotopic (exact) mass is 665 g/mol. The van der Waals surface area contributed by atoms with Gasteiger partial charge in [0, 0.05) is 45.2 Å². The van der Waals surface area contributed by atoms with Gasteiger partial charge in [0.15, 0.2) is 10.9 Å². The first-order valence-corrected chi connectivity index (χ1v) is 17.7. The second-order valence-electron chi connectivity index (χ2n) is 13.0. The molecule has 2 aromatic rings. The lowest BCUT2D eigenvalue weighted by molar-refractivity contribution is -0.119. The number of ether oxygens (including phenoxy) is 1. The fourth-order valence-electron chi connectivity index (χ4n) is 5.83. The number of aliphatic hydroxyl groups is 2. The van der Waals surface area contributed by atoms with Crippen LogP contribution in [-0.4, -0.2) is 86.8 Å². The topological polar surface area (TPSA) is 175 Å². The van der Waals surface area contributed by atoms with Crippen molar-refractivity contribution in [1.82, 2.24) is 15.1 Å². The largest absolute Gasteiger partial charge is 0.406 e. The summed E-state index contributed by atoms with van der Waals surface area (Å²) in [4.78, 5) is 33.7. The van der Waals surface area contributed by atoms with Crippen molar-refractivity contribution in [3.8, 4) is 0 Å². The van der Waals surface area contributed by atoms with Crippen molar-refractivity contribution < 1.29 is 33.4 Å². The van der Waals surface area contributed by atoms with Gasteiger partial charge in [-0.1, -0.05) is 42.1 Å². The predicted molar refractivity (Wildman–Crippen MR) is 172 cm³/mol. The van der Waals surface area contributed by atoms with Gasteiger partial charge in [0.25, 0.3) is 5.56 Å². The average Bonchev–Trinajstić information content (AvgIpc) is 3.86. The van der Waals surface area contributed by atoms with Crippen molar-refractivity contribution in [2.24, 2.45) is 5.41 Å². The standard InChI is InChI=1S/C30H44N5O8PS/c1-6-35(5)23-24(31-19-32-25(23)37)34-21-14-30(21)28(4,39)17-29(43-30)15-22(29)42-44(40,33-16-20-10-8-7-9-11-20)41-12-13-45-26(38)27(2,3)18-36/h7-11,19,21-22,36,39H,6,12-18H2,1-5H3,(H,33,40)(H2,31,32,34,37)/t21?,22?,28-,29?,30?,44?/m1/s1. The number of aromatic nitrogens is 2. The summed E-state index contributed by atoms with van der Waals surface area (Å²) in [5.41, 5.74) is -2.87. The molecule has 0 amide bonds. The first kappa shape index (κ1) is 34.1. The molecule has 1 aromatic heterocycles. The van der Waals surface area contributed by atoms with Gasteiger partial charge in [-0.15, -0.1) is 0 Å². The van der Waals surface area contributed by atoms with Crippen LogP contribution in [0.5, 0.6) is 0 Å². The molecule has 2 aliphatic carbocycles. The normalized spacial score (nSPS) is 29.9. The SMILES string of the molecule is CCN(C)c1c(NC2CC23OC2(CC2OP(=O)(NCc2ccccc2)OCCSC(=O)C(C)(C)CO)C[C@@]3(C)O)nc[nH]c1=O. The molecular weight excluding hydrogens is 621 g/mol. The van der Waals surface area contributed by atoms with Gasteiger partial charge in [0.05, 0.1) is 36.6 Å². The Morgan fingerprint density at radius 2 is 2.04 bits per heavy atom. The van der Waals surface area contributed by atoms with Gasteiger partial charge >= 0.3 is 7.75 Å². The summed E-state index contributed by atoms with van der Waals surface area (Å²) < 4.78 is 32.5. The van der Waals surface area contributed by atoms with E-state index >= 15 is 0 Å². The Labute approximate surface area is 267 Å². The lowest BCUT2D eigenvalue weighted by Crippen LogP contribution is -2.41. The number of rotatable bonds is 15. The molecule has 5 unspecified atom stereocenters. The zero-order chi connectivity index (χ0) is 32.7. The Morgan fingerprint density at radius 1 is 1.31 bits per heavy atom. The summed E-state index contributed by atoms with van der Waals surface area (Å²) in [6, 6.07) is 9.12. The minimum atomic E-state index is -3.88. The zero-order valence-electron chi connectivity index (χ0n) is 26.4. The smallest absolute Gasteiger partial charge is 0.395 e. The predicted octanol–water partition coefficient (Wildman–Crippen LogP) is 3.04. The minimum Gasteiger partial charge on any atom is -0.395 e. The average molecular weight is 666 g/mol. The van der Waals surface area contributed by atoms with E-state index in [9.17, 15) is 24.4 Å². The number of aromatic amines is 1. The van der Waals surface area contributed by atoms with Crippen molar-refractivity contribution >= 4 is 36.1 Å². The molecule has 3 fully saturated rings. The summed E-state index contributed by atoms with van der Waals surface area (Å²) in [6.45, 7) is 7.52. The molecule has 1 aromatic carbocycles. The van der Waals surface area contributed by atoms with E-state index in [1.54, 1.807) is 25.7 Å². The third kappa shape index (κ3) is 7.03. The van der Waals surface area contributed by atoms with Gasteiger partial charge in [0.2, 0.25) is 0 Å². The Hall–Kier alpha value is -2.29. The molecule has 6 atom stereocenters. The molecule has 2 spiro atoms. The number of nitrogens with zero attached hydrogens (tertiary/aromatic N) is 2. The van der Waals surface area contributed by atoms with Crippen molar-refractivity contribution in [2.45, 2.75) is 82.5 Å². The van der Waals surface area contributed by atoms with Gasteiger partial charge in [-0.25, -0.2) is 14.6 Å². The number of anilines is 2. The molecule has 1 saturated heterocycles. The Morgan fingerprint density at radius 3 is 2.73 bits per heavy atom. The van der Waals surface area contributed by atoms with E-state index in [4.69, 9.17) is 13.8 Å². The van der Waals surface area contributed by atoms with Crippen LogP contribution in [-0.2, 0) is 29.7 Å². The van der Waals surface area contributed by atoms with Crippen molar-refractivity contribution in [2.75, 3.05) is 42.8 Å². The molecule has 45 heavy (non-hydrogen) atoms. The summed E-state index contributed by atoms with van der Waals surface area (Å²) in [5.74, 6) is 0.641. The Bertz CT molecular complexity index is 1490. The number of aliphatic hydroxyl groups excluding tert-OH is 1. The summed E-state index contributed by atoms with van der Waals surface area (Å²) in [7, 11) is -2.07. The van der Waals surface area contributed by atoms with Gasteiger partial charge in [-0.2, -0.15) is 0 Å². The number of thioether (sulfide) groups is 1. The number of carbonyl (C=O) groups excluding carboxylic acids is 1. The van der Waals surface area contributed by atoms with Crippen molar-refractivity contribution in [3.05, 3.63) is 52.6 Å². The van der Waals surface area contributed by atoms with Crippen LogP contribution in [0.25, 0.3) is 0 Å². The molecule has 248 valence electrons.